The van der Waals surface area contributed by atoms with Gasteiger partial charge >= 0.3 is 0 Å². The molecule has 0 aromatic rings. The van der Waals surface area contributed by atoms with Crippen molar-refractivity contribution in [2.24, 2.45) is 58.0 Å². The van der Waals surface area contributed by atoms with Gasteiger partial charge in [-0.25, -0.2) is 0 Å². The molecule has 4 heteroatoms. The summed E-state index contributed by atoms with van der Waals surface area (Å²) in [4.78, 5) is 14.2. The molecule has 0 bridgehead atoms. The quantitative estimate of drug-likeness (QED) is 0.340. The van der Waals surface area contributed by atoms with Gasteiger partial charge in [0, 0.05) is 5.92 Å². The number of nitrogens with two attached hydrogens (primary N) is 1. The molecule has 36 heavy (non-hydrogen) atoms. The Morgan fingerprint density at radius 3 is 2.53 bits per heavy atom. The van der Waals surface area contributed by atoms with Crippen LogP contribution < -0.4 is 5.73 Å². The lowest BCUT2D eigenvalue weighted by atomic mass is 9.47. The second-order valence-electron chi connectivity index (χ2n) is 14.4. The van der Waals surface area contributed by atoms with E-state index in [1.54, 1.807) is 5.57 Å². The summed E-state index contributed by atoms with van der Waals surface area (Å²) in [6.45, 7) is 10.9. The van der Waals surface area contributed by atoms with Gasteiger partial charge in [0.05, 0.1) is 6.10 Å². The maximum atomic E-state index is 12.1. The first-order valence-electron chi connectivity index (χ1n) is 15.3. The minimum absolute atomic E-state index is 0.00197. The number of hydrogen-bond donors (Lipinski definition) is 2. The molecule has 3 N–H and O–H groups in total. The number of aliphatic hydroxyl groups excluding tert-OH is 1. The zero-order valence-electron chi connectivity index (χ0n) is 24.3. The Labute approximate surface area is 221 Å². The van der Waals surface area contributed by atoms with E-state index in [1.165, 1.54) is 51.4 Å². The average molecular weight is 501 g/mol. The number of hydrogen-bond acceptors (Lipinski definition) is 3. The van der Waals surface area contributed by atoms with Crippen molar-refractivity contribution < 1.29 is 9.90 Å². The highest BCUT2D eigenvalue weighted by Gasteiger charge is 2.59. The lowest BCUT2D eigenvalue weighted by Crippen LogP contribution is -2.50. The molecule has 4 aliphatic carbocycles. The SMILES string of the molecule is CC(CCCC(C)[C@H]1CC[C@H]2[C@@H]3CC=C4C[C@@H](O)CC[C@]4(C)[C@H]3CC[C@]12C)C(CCN(C)C)C(N)=O. The molecule has 1 amide bonds. The van der Waals surface area contributed by atoms with Gasteiger partial charge in [-0.3, -0.25) is 4.79 Å². The normalized spacial score (nSPS) is 40.6. The van der Waals surface area contributed by atoms with E-state index in [4.69, 9.17) is 5.73 Å². The second kappa shape index (κ2) is 11.1. The van der Waals surface area contributed by atoms with Crippen molar-refractivity contribution in [1.82, 2.24) is 4.90 Å². The molecule has 0 saturated heterocycles. The predicted octanol–water partition coefficient (Wildman–Crippen LogP) is 6.42. The molecule has 3 saturated carbocycles. The molecule has 0 heterocycles. The average Bonchev–Trinajstić information content (AvgIpc) is 3.16. The fourth-order valence-corrected chi connectivity index (χ4v) is 9.89. The number of fused-ring (bicyclic) bond motifs is 5. The molecule has 3 fully saturated rings. The van der Waals surface area contributed by atoms with Crippen LogP contribution in [0, 0.1) is 52.3 Å². The predicted molar refractivity (Wildman–Crippen MR) is 149 cm³/mol. The Hall–Kier alpha value is -0.870. The largest absolute Gasteiger partial charge is 0.393 e. The summed E-state index contributed by atoms with van der Waals surface area (Å²) in [6, 6.07) is 0. The Morgan fingerprint density at radius 2 is 1.83 bits per heavy atom. The third-order valence-corrected chi connectivity index (χ3v) is 12.1. The number of aliphatic hydroxyl groups is 1. The van der Waals surface area contributed by atoms with E-state index in [2.05, 4.69) is 52.8 Å². The first-order valence-corrected chi connectivity index (χ1v) is 15.3. The first-order chi connectivity index (χ1) is 17.0. The maximum Gasteiger partial charge on any atom is 0.220 e. The number of rotatable bonds is 10. The van der Waals surface area contributed by atoms with E-state index in [0.717, 1.165) is 61.8 Å². The molecule has 4 rings (SSSR count). The van der Waals surface area contributed by atoms with Crippen molar-refractivity contribution >= 4 is 5.91 Å². The van der Waals surface area contributed by atoms with Crippen LogP contribution in [-0.4, -0.2) is 42.7 Å². The van der Waals surface area contributed by atoms with E-state index < -0.39 is 0 Å². The zero-order valence-corrected chi connectivity index (χ0v) is 24.3. The lowest BCUT2D eigenvalue weighted by molar-refractivity contribution is -0.123. The molecule has 0 aromatic carbocycles. The van der Waals surface area contributed by atoms with Crippen molar-refractivity contribution in [1.29, 1.82) is 0 Å². The van der Waals surface area contributed by atoms with E-state index >= 15 is 0 Å². The van der Waals surface area contributed by atoms with Gasteiger partial charge in [-0.2, -0.15) is 0 Å². The van der Waals surface area contributed by atoms with Gasteiger partial charge in [-0.15, -0.1) is 0 Å². The summed E-state index contributed by atoms with van der Waals surface area (Å²) < 4.78 is 0. The van der Waals surface area contributed by atoms with Gasteiger partial charge in [-0.05, 0) is 131 Å². The fourth-order valence-electron chi connectivity index (χ4n) is 9.89. The van der Waals surface area contributed by atoms with Crippen LogP contribution in [0.1, 0.15) is 105 Å². The molecular weight excluding hydrogens is 444 g/mol. The summed E-state index contributed by atoms with van der Waals surface area (Å²) in [7, 11) is 4.13. The van der Waals surface area contributed by atoms with E-state index in [0.29, 0.717) is 16.7 Å². The third-order valence-electron chi connectivity index (χ3n) is 12.1. The van der Waals surface area contributed by atoms with E-state index in [9.17, 15) is 9.90 Å². The van der Waals surface area contributed by atoms with Gasteiger partial charge in [0.1, 0.15) is 0 Å². The zero-order chi connectivity index (χ0) is 26.3. The summed E-state index contributed by atoms with van der Waals surface area (Å²) in [5.41, 5.74) is 8.20. The smallest absolute Gasteiger partial charge is 0.220 e. The molecule has 0 spiro atoms. The molecule has 3 unspecified atom stereocenters. The number of primary amides is 1. The minimum atomic E-state index is -0.119. The molecule has 0 aromatic heterocycles. The third kappa shape index (κ3) is 5.33. The van der Waals surface area contributed by atoms with Crippen LogP contribution in [0.2, 0.25) is 0 Å². The summed E-state index contributed by atoms with van der Waals surface area (Å²) in [5, 5.41) is 10.3. The van der Waals surface area contributed by atoms with Crippen LogP contribution in [0.4, 0.5) is 0 Å². The van der Waals surface area contributed by atoms with Gasteiger partial charge in [0.2, 0.25) is 5.91 Å². The van der Waals surface area contributed by atoms with Gasteiger partial charge in [0.15, 0.2) is 0 Å². The standard InChI is InChI=1S/C32H56N2O2/c1-21(25(30(33)36)16-19-34(5)6)8-7-9-22(2)27-12-13-28-26-11-10-23-20-24(35)14-17-31(23,3)29(26)15-18-32(27,28)4/h10,21-22,24-29,35H,7-9,11-20H2,1-6H3,(H2,33,36)/t21?,22?,24-,25?,26-,27+,28-,29-,31-,32+/m0/s1. The second-order valence-corrected chi connectivity index (χ2v) is 14.4. The van der Waals surface area contributed by atoms with Crippen LogP contribution in [0.15, 0.2) is 11.6 Å². The van der Waals surface area contributed by atoms with Crippen LogP contribution in [-0.2, 0) is 4.79 Å². The highest BCUT2D eigenvalue weighted by atomic mass is 16.3. The first kappa shape index (κ1) is 28.1. The van der Waals surface area contributed by atoms with Crippen molar-refractivity contribution in [3.05, 3.63) is 11.6 Å². The molecule has 4 aliphatic rings. The monoisotopic (exact) mass is 500 g/mol. The Morgan fingerprint density at radius 1 is 1.08 bits per heavy atom. The van der Waals surface area contributed by atoms with Crippen LogP contribution in [0.25, 0.3) is 0 Å². The van der Waals surface area contributed by atoms with Crippen LogP contribution >= 0.6 is 0 Å². The number of nitrogens with zero attached hydrogens (tertiary/aromatic N) is 1. The van der Waals surface area contributed by atoms with E-state index in [-0.39, 0.29) is 17.9 Å². The highest BCUT2D eigenvalue weighted by molar-refractivity contribution is 5.76. The molecule has 10 atom stereocenters. The van der Waals surface area contributed by atoms with Crippen LogP contribution in [0.5, 0.6) is 0 Å². The number of allylic oxidation sites excluding steroid dienone is 1. The lowest BCUT2D eigenvalue weighted by Gasteiger charge is -2.58. The molecule has 0 radical (unpaired) electrons. The van der Waals surface area contributed by atoms with Gasteiger partial charge < -0.3 is 15.7 Å². The Balaban J connectivity index is 1.35. The molecule has 206 valence electrons. The topological polar surface area (TPSA) is 66.6 Å². The summed E-state index contributed by atoms with van der Waals surface area (Å²) in [5.74, 6) is 4.38. The summed E-state index contributed by atoms with van der Waals surface area (Å²) in [6.07, 6.45) is 16.9. The van der Waals surface area contributed by atoms with Crippen molar-refractivity contribution in [2.45, 2.75) is 111 Å². The highest BCUT2D eigenvalue weighted by Crippen LogP contribution is 2.67. The van der Waals surface area contributed by atoms with E-state index in [1.807, 2.05) is 0 Å². The minimum Gasteiger partial charge on any atom is -0.393 e. The van der Waals surface area contributed by atoms with Gasteiger partial charge in [-0.1, -0.05) is 52.2 Å². The molecule has 4 nitrogen and oxygen atoms in total. The van der Waals surface area contributed by atoms with Crippen LogP contribution in [0.3, 0.4) is 0 Å². The van der Waals surface area contributed by atoms with Crippen molar-refractivity contribution in [3.63, 3.8) is 0 Å². The number of carbonyl (C=O) groups is 1. The number of carbonyl (C=O) groups excluding carboxylic acids is 1. The maximum absolute atomic E-state index is 12.1. The van der Waals surface area contributed by atoms with Crippen molar-refractivity contribution in [2.75, 3.05) is 20.6 Å². The Kier molecular flexibility index (Phi) is 8.67. The fraction of sp³-hybridized carbons (Fsp3) is 0.906. The van der Waals surface area contributed by atoms with Gasteiger partial charge in [0.25, 0.3) is 0 Å². The Bertz CT molecular complexity index is 808. The number of amides is 1. The molecular formula is C32H56N2O2. The van der Waals surface area contributed by atoms with Crippen molar-refractivity contribution in [3.8, 4) is 0 Å². The molecule has 0 aliphatic heterocycles. The summed E-state index contributed by atoms with van der Waals surface area (Å²) >= 11 is 0.